The van der Waals surface area contributed by atoms with E-state index >= 15 is 0 Å². The molecule has 1 rings (SSSR count). The molecule has 0 N–H and O–H groups in total. The van der Waals surface area contributed by atoms with E-state index in [0.29, 0.717) is 13.0 Å². The molecule has 4 heteroatoms. The fraction of sp³-hybridized carbons (Fsp3) is 0.800. The Morgan fingerprint density at radius 2 is 2.57 bits per heavy atom. The Bertz CT molecular complexity index is 228. The van der Waals surface area contributed by atoms with Crippen molar-refractivity contribution in [1.82, 2.24) is 0 Å². The maximum atomic E-state index is 11.3. The highest BCUT2D eigenvalue weighted by molar-refractivity contribution is 5.75. The SMILES string of the molecule is CCOC(=O)C(C#N)CC1CCCO1. The molecule has 0 spiro atoms. The predicted molar refractivity (Wildman–Crippen MR) is 49.3 cm³/mol. The van der Waals surface area contributed by atoms with Crippen LogP contribution in [-0.2, 0) is 14.3 Å². The van der Waals surface area contributed by atoms with Gasteiger partial charge in [-0.05, 0) is 19.8 Å². The lowest BCUT2D eigenvalue weighted by Gasteiger charge is -2.12. The van der Waals surface area contributed by atoms with Crippen molar-refractivity contribution in [3.8, 4) is 6.07 Å². The Morgan fingerprint density at radius 3 is 3.07 bits per heavy atom. The third-order valence-electron chi connectivity index (χ3n) is 2.25. The van der Waals surface area contributed by atoms with Gasteiger partial charge in [0, 0.05) is 13.0 Å². The molecule has 0 aromatic rings. The highest BCUT2D eigenvalue weighted by atomic mass is 16.5. The van der Waals surface area contributed by atoms with Crippen molar-refractivity contribution in [3.05, 3.63) is 0 Å². The first-order chi connectivity index (χ1) is 6.77. The summed E-state index contributed by atoms with van der Waals surface area (Å²) in [5.74, 6) is -1.09. The minimum absolute atomic E-state index is 0.0593. The molecule has 2 atom stereocenters. The lowest BCUT2D eigenvalue weighted by molar-refractivity contribution is -0.147. The second kappa shape index (κ2) is 5.61. The van der Waals surface area contributed by atoms with Crippen LogP contribution in [0, 0.1) is 17.2 Å². The number of nitriles is 1. The normalized spacial score (nSPS) is 22.7. The summed E-state index contributed by atoms with van der Waals surface area (Å²) in [6.45, 7) is 2.80. The Kier molecular flexibility index (Phi) is 4.41. The number of rotatable bonds is 4. The summed E-state index contributed by atoms with van der Waals surface area (Å²) < 4.78 is 10.1. The molecule has 1 fully saturated rings. The minimum atomic E-state index is -0.668. The van der Waals surface area contributed by atoms with Crippen LogP contribution in [0.5, 0.6) is 0 Å². The molecule has 0 bridgehead atoms. The molecule has 1 heterocycles. The molecule has 0 aromatic heterocycles. The lowest BCUT2D eigenvalue weighted by atomic mass is 10.0. The van der Waals surface area contributed by atoms with Crippen molar-refractivity contribution < 1.29 is 14.3 Å². The van der Waals surface area contributed by atoms with E-state index < -0.39 is 11.9 Å². The van der Waals surface area contributed by atoms with E-state index in [2.05, 4.69) is 0 Å². The van der Waals surface area contributed by atoms with Crippen molar-refractivity contribution in [1.29, 1.82) is 5.26 Å². The summed E-state index contributed by atoms with van der Waals surface area (Å²) in [5, 5.41) is 8.78. The van der Waals surface area contributed by atoms with E-state index in [1.165, 1.54) is 0 Å². The molecule has 78 valence electrons. The molecule has 0 aliphatic carbocycles. The van der Waals surface area contributed by atoms with E-state index in [0.717, 1.165) is 19.4 Å². The average Bonchev–Trinajstić information content (AvgIpc) is 2.66. The number of nitrogens with zero attached hydrogens (tertiary/aromatic N) is 1. The van der Waals surface area contributed by atoms with E-state index in [4.69, 9.17) is 14.7 Å². The van der Waals surface area contributed by atoms with Crippen LogP contribution in [0.1, 0.15) is 26.2 Å². The van der Waals surface area contributed by atoms with Crippen molar-refractivity contribution in [2.45, 2.75) is 32.3 Å². The second-order valence-corrected chi connectivity index (χ2v) is 3.30. The van der Waals surface area contributed by atoms with Crippen LogP contribution in [0.3, 0.4) is 0 Å². The van der Waals surface area contributed by atoms with Crippen LogP contribution in [0.2, 0.25) is 0 Å². The van der Waals surface area contributed by atoms with Gasteiger partial charge in [0.25, 0.3) is 0 Å². The monoisotopic (exact) mass is 197 g/mol. The van der Waals surface area contributed by atoms with Gasteiger partial charge < -0.3 is 9.47 Å². The minimum Gasteiger partial charge on any atom is -0.465 e. The van der Waals surface area contributed by atoms with Crippen LogP contribution >= 0.6 is 0 Å². The van der Waals surface area contributed by atoms with Gasteiger partial charge in [-0.3, -0.25) is 4.79 Å². The third-order valence-corrected chi connectivity index (χ3v) is 2.25. The standard InChI is InChI=1S/C10H15NO3/c1-2-13-10(12)8(7-11)6-9-4-3-5-14-9/h8-9H,2-6H2,1H3. The highest BCUT2D eigenvalue weighted by Crippen LogP contribution is 2.20. The molecule has 1 aliphatic rings. The van der Waals surface area contributed by atoms with E-state index in [1.54, 1.807) is 6.92 Å². The average molecular weight is 197 g/mol. The zero-order chi connectivity index (χ0) is 10.4. The molecular weight excluding hydrogens is 182 g/mol. The summed E-state index contributed by atoms with van der Waals surface area (Å²) in [5.41, 5.74) is 0. The van der Waals surface area contributed by atoms with Gasteiger partial charge in [-0.1, -0.05) is 0 Å². The number of esters is 1. The van der Waals surface area contributed by atoms with Gasteiger partial charge >= 0.3 is 5.97 Å². The van der Waals surface area contributed by atoms with Crippen LogP contribution in [-0.4, -0.2) is 25.3 Å². The topological polar surface area (TPSA) is 59.3 Å². The van der Waals surface area contributed by atoms with Crippen molar-refractivity contribution in [3.63, 3.8) is 0 Å². The highest BCUT2D eigenvalue weighted by Gasteiger charge is 2.26. The molecule has 1 aliphatic heterocycles. The van der Waals surface area contributed by atoms with Crippen molar-refractivity contribution in [2.24, 2.45) is 5.92 Å². The van der Waals surface area contributed by atoms with E-state index in [-0.39, 0.29) is 6.10 Å². The fourth-order valence-corrected chi connectivity index (χ4v) is 1.54. The predicted octanol–water partition coefficient (Wildman–Crippen LogP) is 1.26. The van der Waals surface area contributed by atoms with Gasteiger partial charge in [-0.25, -0.2) is 0 Å². The Morgan fingerprint density at radius 1 is 1.79 bits per heavy atom. The summed E-state index contributed by atoms with van der Waals surface area (Å²) in [6.07, 6.45) is 2.49. The number of hydrogen-bond acceptors (Lipinski definition) is 4. The van der Waals surface area contributed by atoms with Crippen LogP contribution < -0.4 is 0 Å². The summed E-state index contributed by atoms with van der Waals surface area (Å²) >= 11 is 0. The fourth-order valence-electron chi connectivity index (χ4n) is 1.54. The van der Waals surface area contributed by atoms with E-state index in [9.17, 15) is 4.79 Å². The van der Waals surface area contributed by atoms with Gasteiger partial charge in [0.2, 0.25) is 0 Å². The molecule has 0 amide bonds. The van der Waals surface area contributed by atoms with E-state index in [1.807, 2.05) is 6.07 Å². The molecule has 4 nitrogen and oxygen atoms in total. The zero-order valence-corrected chi connectivity index (χ0v) is 8.36. The molecule has 0 saturated carbocycles. The maximum absolute atomic E-state index is 11.3. The molecule has 0 radical (unpaired) electrons. The van der Waals surface area contributed by atoms with Crippen LogP contribution in [0.15, 0.2) is 0 Å². The molecule has 14 heavy (non-hydrogen) atoms. The van der Waals surface area contributed by atoms with Gasteiger partial charge in [0.05, 0.1) is 18.8 Å². The van der Waals surface area contributed by atoms with Crippen LogP contribution in [0.25, 0.3) is 0 Å². The molecular formula is C10H15NO3. The number of ether oxygens (including phenoxy) is 2. The van der Waals surface area contributed by atoms with Gasteiger partial charge in [-0.15, -0.1) is 0 Å². The Labute approximate surface area is 83.8 Å². The Balaban J connectivity index is 2.38. The first-order valence-corrected chi connectivity index (χ1v) is 4.95. The number of carbonyl (C=O) groups excluding carboxylic acids is 1. The summed E-state index contributed by atoms with van der Waals surface area (Å²) in [7, 11) is 0. The molecule has 2 unspecified atom stereocenters. The smallest absolute Gasteiger partial charge is 0.323 e. The molecule has 1 saturated heterocycles. The zero-order valence-electron chi connectivity index (χ0n) is 8.36. The van der Waals surface area contributed by atoms with Gasteiger partial charge in [-0.2, -0.15) is 5.26 Å². The first-order valence-electron chi connectivity index (χ1n) is 4.95. The lowest BCUT2D eigenvalue weighted by Crippen LogP contribution is -2.21. The largest absolute Gasteiger partial charge is 0.465 e. The number of hydrogen-bond donors (Lipinski definition) is 0. The number of carbonyl (C=O) groups is 1. The van der Waals surface area contributed by atoms with Crippen molar-refractivity contribution >= 4 is 5.97 Å². The summed E-state index contributed by atoms with van der Waals surface area (Å²) in [4.78, 5) is 11.3. The second-order valence-electron chi connectivity index (χ2n) is 3.30. The molecule has 0 aromatic carbocycles. The first kappa shape index (κ1) is 11.0. The Hall–Kier alpha value is -1.08. The van der Waals surface area contributed by atoms with Crippen LogP contribution in [0.4, 0.5) is 0 Å². The maximum Gasteiger partial charge on any atom is 0.323 e. The summed E-state index contributed by atoms with van der Waals surface area (Å²) in [6, 6.07) is 1.96. The van der Waals surface area contributed by atoms with Crippen molar-refractivity contribution in [2.75, 3.05) is 13.2 Å². The quantitative estimate of drug-likeness (QED) is 0.636. The third kappa shape index (κ3) is 3.00. The van der Waals surface area contributed by atoms with Gasteiger partial charge in [0.15, 0.2) is 0 Å². The van der Waals surface area contributed by atoms with Gasteiger partial charge in [0.1, 0.15) is 5.92 Å².